The van der Waals surface area contributed by atoms with Crippen LogP contribution in [-0.2, 0) is 0 Å². The van der Waals surface area contributed by atoms with Crippen molar-refractivity contribution in [1.82, 2.24) is 4.98 Å². The Labute approximate surface area is 152 Å². The number of nitriles is 1. The number of hydrogen-bond donors (Lipinski definition) is 2. The zero-order valence-corrected chi connectivity index (χ0v) is 13.6. The summed E-state index contributed by atoms with van der Waals surface area (Å²) in [6, 6.07) is 11.5. The van der Waals surface area contributed by atoms with Crippen LogP contribution in [0.5, 0.6) is 0 Å². The number of aromatic nitrogens is 1. The fourth-order valence-electron chi connectivity index (χ4n) is 2.28. The summed E-state index contributed by atoms with van der Waals surface area (Å²) in [7, 11) is 0. The summed E-state index contributed by atoms with van der Waals surface area (Å²) in [5.41, 5.74) is 0.859. The SMILES string of the molecule is N#Cc1cccc(NC(=O)c2cncc(Nc3ccc(F)c(F)c3F)c2)c1. The van der Waals surface area contributed by atoms with Crippen LogP contribution in [0.1, 0.15) is 15.9 Å². The van der Waals surface area contributed by atoms with Crippen molar-refractivity contribution in [2.24, 2.45) is 0 Å². The predicted octanol–water partition coefficient (Wildman–Crippen LogP) is 4.37. The first-order chi connectivity index (χ1) is 13.0. The molecule has 0 fully saturated rings. The highest BCUT2D eigenvalue weighted by atomic mass is 19.2. The van der Waals surface area contributed by atoms with Crippen molar-refractivity contribution in [3.8, 4) is 6.07 Å². The molecule has 0 unspecified atom stereocenters. The molecule has 134 valence electrons. The van der Waals surface area contributed by atoms with Crippen LogP contribution >= 0.6 is 0 Å². The van der Waals surface area contributed by atoms with Gasteiger partial charge in [0, 0.05) is 11.9 Å². The highest BCUT2D eigenvalue weighted by molar-refractivity contribution is 6.04. The van der Waals surface area contributed by atoms with E-state index < -0.39 is 23.4 Å². The molecule has 1 aromatic heterocycles. The number of pyridine rings is 1. The molecule has 1 heterocycles. The van der Waals surface area contributed by atoms with E-state index in [0.717, 1.165) is 12.1 Å². The molecule has 3 rings (SSSR count). The largest absolute Gasteiger partial charge is 0.352 e. The molecular weight excluding hydrogens is 357 g/mol. The second-order valence-corrected chi connectivity index (χ2v) is 5.46. The van der Waals surface area contributed by atoms with Gasteiger partial charge in [-0.05, 0) is 36.4 Å². The van der Waals surface area contributed by atoms with Gasteiger partial charge in [-0.15, -0.1) is 0 Å². The molecule has 5 nitrogen and oxygen atoms in total. The van der Waals surface area contributed by atoms with E-state index in [0.29, 0.717) is 11.3 Å². The minimum Gasteiger partial charge on any atom is -0.352 e. The zero-order valence-electron chi connectivity index (χ0n) is 13.6. The van der Waals surface area contributed by atoms with E-state index >= 15 is 0 Å². The Balaban J connectivity index is 1.80. The monoisotopic (exact) mass is 368 g/mol. The van der Waals surface area contributed by atoms with Crippen LogP contribution in [0.2, 0.25) is 0 Å². The van der Waals surface area contributed by atoms with E-state index in [1.165, 1.54) is 24.5 Å². The Hall–Kier alpha value is -3.86. The molecule has 0 aliphatic heterocycles. The van der Waals surface area contributed by atoms with Gasteiger partial charge in [-0.3, -0.25) is 9.78 Å². The van der Waals surface area contributed by atoms with Gasteiger partial charge in [-0.25, -0.2) is 13.2 Å². The lowest BCUT2D eigenvalue weighted by Gasteiger charge is -2.10. The highest BCUT2D eigenvalue weighted by Crippen LogP contribution is 2.24. The van der Waals surface area contributed by atoms with Gasteiger partial charge in [0.05, 0.1) is 34.8 Å². The van der Waals surface area contributed by atoms with Gasteiger partial charge in [-0.1, -0.05) is 6.07 Å². The Bertz CT molecular complexity index is 1060. The average Bonchev–Trinajstić information content (AvgIpc) is 2.69. The maximum atomic E-state index is 13.8. The third kappa shape index (κ3) is 4.04. The Kier molecular flexibility index (Phi) is 5.04. The molecule has 8 heteroatoms. The minimum absolute atomic E-state index is 0.144. The number of hydrogen-bond acceptors (Lipinski definition) is 4. The number of nitrogens with one attached hydrogen (secondary N) is 2. The van der Waals surface area contributed by atoms with E-state index in [1.54, 1.807) is 18.2 Å². The summed E-state index contributed by atoms with van der Waals surface area (Å²) in [6.45, 7) is 0. The molecule has 0 atom stereocenters. The van der Waals surface area contributed by atoms with Crippen molar-refractivity contribution >= 4 is 23.0 Å². The average molecular weight is 368 g/mol. The third-order valence-electron chi connectivity index (χ3n) is 3.56. The lowest BCUT2D eigenvalue weighted by Crippen LogP contribution is -2.12. The number of halogens is 3. The summed E-state index contributed by atoms with van der Waals surface area (Å²) < 4.78 is 40.1. The Morgan fingerprint density at radius 1 is 1.00 bits per heavy atom. The molecule has 1 amide bonds. The van der Waals surface area contributed by atoms with E-state index in [4.69, 9.17) is 5.26 Å². The molecule has 0 saturated carbocycles. The summed E-state index contributed by atoms with van der Waals surface area (Å²) in [5.74, 6) is -4.78. The normalized spacial score (nSPS) is 10.1. The molecule has 0 bridgehead atoms. The third-order valence-corrected chi connectivity index (χ3v) is 3.56. The number of nitrogens with zero attached hydrogens (tertiary/aromatic N) is 2. The van der Waals surface area contributed by atoms with Crippen LogP contribution in [-0.4, -0.2) is 10.9 Å². The number of benzene rings is 2. The van der Waals surface area contributed by atoms with Crippen LogP contribution in [0.4, 0.5) is 30.2 Å². The van der Waals surface area contributed by atoms with E-state index in [2.05, 4.69) is 15.6 Å². The van der Waals surface area contributed by atoms with Gasteiger partial charge < -0.3 is 10.6 Å². The summed E-state index contributed by atoms with van der Waals surface area (Å²) in [6.07, 6.45) is 2.59. The molecule has 0 spiro atoms. The molecule has 2 aromatic carbocycles. The second kappa shape index (κ2) is 7.58. The standard InChI is InChI=1S/C19H11F3N4O/c20-15-4-5-16(18(22)17(15)21)25-14-7-12(9-24-10-14)19(27)26-13-3-1-2-11(6-13)8-23/h1-7,9-10,25H,(H,26,27). The second-order valence-electron chi connectivity index (χ2n) is 5.46. The predicted molar refractivity (Wildman–Crippen MR) is 92.9 cm³/mol. The van der Waals surface area contributed by atoms with Crippen molar-refractivity contribution < 1.29 is 18.0 Å². The van der Waals surface area contributed by atoms with Crippen LogP contribution in [0.25, 0.3) is 0 Å². The molecule has 0 aliphatic rings. The van der Waals surface area contributed by atoms with Gasteiger partial charge in [0.15, 0.2) is 17.5 Å². The number of amides is 1. The Morgan fingerprint density at radius 3 is 2.59 bits per heavy atom. The lowest BCUT2D eigenvalue weighted by atomic mass is 10.2. The molecule has 0 radical (unpaired) electrons. The maximum Gasteiger partial charge on any atom is 0.257 e. The van der Waals surface area contributed by atoms with Gasteiger partial charge in [0.2, 0.25) is 0 Å². The van der Waals surface area contributed by atoms with E-state index in [-0.39, 0.29) is 16.9 Å². The molecule has 0 saturated heterocycles. The quantitative estimate of drug-likeness (QED) is 0.671. The van der Waals surface area contributed by atoms with Crippen molar-refractivity contribution in [2.75, 3.05) is 10.6 Å². The maximum absolute atomic E-state index is 13.8. The van der Waals surface area contributed by atoms with Crippen LogP contribution in [0.3, 0.4) is 0 Å². The summed E-state index contributed by atoms with van der Waals surface area (Å²) >= 11 is 0. The smallest absolute Gasteiger partial charge is 0.257 e. The number of carbonyl (C=O) groups excluding carboxylic acids is 1. The first-order valence-electron chi connectivity index (χ1n) is 7.65. The van der Waals surface area contributed by atoms with Crippen LogP contribution in [0, 0.1) is 28.8 Å². The van der Waals surface area contributed by atoms with Gasteiger partial charge in [0.1, 0.15) is 0 Å². The zero-order chi connectivity index (χ0) is 19.4. The molecular formula is C19H11F3N4O. The lowest BCUT2D eigenvalue weighted by molar-refractivity contribution is 0.102. The van der Waals surface area contributed by atoms with Crippen molar-refractivity contribution in [3.05, 3.63) is 83.4 Å². The number of anilines is 3. The van der Waals surface area contributed by atoms with Gasteiger partial charge >= 0.3 is 0 Å². The molecule has 27 heavy (non-hydrogen) atoms. The van der Waals surface area contributed by atoms with Crippen molar-refractivity contribution in [1.29, 1.82) is 5.26 Å². The van der Waals surface area contributed by atoms with Crippen LogP contribution < -0.4 is 10.6 Å². The summed E-state index contributed by atoms with van der Waals surface area (Å²) in [4.78, 5) is 16.2. The van der Waals surface area contributed by atoms with Gasteiger partial charge in [-0.2, -0.15) is 5.26 Å². The summed E-state index contributed by atoms with van der Waals surface area (Å²) in [5, 5.41) is 14.0. The van der Waals surface area contributed by atoms with E-state index in [1.807, 2.05) is 6.07 Å². The fraction of sp³-hybridized carbons (Fsp3) is 0. The first-order valence-corrected chi connectivity index (χ1v) is 7.65. The number of rotatable bonds is 4. The van der Waals surface area contributed by atoms with Crippen LogP contribution in [0.15, 0.2) is 54.9 Å². The van der Waals surface area contributed by atoms with Crippen molar-refractivity contribution in [3.63, 3.8) is 0 Å². The Morgan fingerprint density at radius 2 is 1.81 bits per heavy atom. The van der Waals surface area contributed by atoms with Gasteiger partial charge in [0.25, 0.3) is 5.91 Å². The number of carbonyl (C=O) groups is 1. The minimum atomic E-state index is -1.60. The fourth-order valence-corrected chi connectivity index (χ4v) is 2.28. The molecule has 2 N–H and O–H groups in total. The molecule has 3 aromatic rings. The topological polar surface area (TPSA) is 77.8 Å². The van der Waals surface area contributed by atoms with E-state index in [9.17, 15) is 18.0 Å². The van der Waals surface area contributed by atoms with Crippen molar-refractivity contribution in [2.45, 2.75) is 0 Å². The molecule has 0 aliphatic carbocycles. The highest BCUT2D eigenvalue weighted by Gasteiger charge is 2.14. The first kappa shape index (κ1) is 17.9.